The largest absolute Gasteiger partial charge is 0.354 e. The van der Waals surface area contributed by atoms with Gasteiger partial charge in [-0.1, -0.05) is 12.1 Å². The van der Waals surface area contributed by atoms with Crippen molar-refractivity contribution in [3.63, 3.8) is 0 Å². The van der Waals surface area contributed by atoms with Gasteiger partial charge in [-0.15, -0.1) is 0 Å². The van der Waals surface area contributed by atoms with Gasteiger partial charge in [-0.25, -0.2) is 17.8 Å². The molecule has 0 saturated carbocycles. The first-order valence-corrected chi connectivity index (χ1v) is 8.85. The molecule has 0 unspecified atom stereocenters. The Bertz CT molecular complexity index is 788. The van der Waals surface area contributed by atoms with E-state index in [1.54, 1.807) is 13.1 Å². The Kier molecular flexibility index (Phi) is 4.32. The zero-order valence-electron chi connectivity index (χ0n) is 12.8. The Morgan fingerprint density at radius 1 is 1.09 bits per heavy atom. The third kappa shape index (κ3) is 3.20. The highest BCUT2D eigenvalue weighted by Gasteiger charge is 2.30. The monoisotopic (exact) mass is 335 g/mol. The average molecular weight is 335 g/mol. The molecule has 0 spiro atoms. The molecule has 1 fully saturated rings. The second kappa shape index (κ2) is 6.25. The summed E-state index contributed by atoms with van der Waals surface area (Å²) in [6.45, 7) is 3.51. The van der Waals surface area contributed by atoms with Crippen LogP contribution in [0.3, 0.4) is 0 Å². The van der Waals surface area contributed by atoms with Gasteiger partial charge >= 0.3 is 0 Å². The van der Waals surface area contributed by atoms with Gasteiger partial charge in [0.1, 0.15) is 11.6 Å². The summed E-state index contributed by atoms with van der Waals surface area (Å²) in [6, 6.07) is 9.51. The number of piperazine rings is 1. The molecule has 122 valence electrons. The number of sulfonamides is 1. The zero-order chi connectivity index (χ0) is 16.4. The Morgan fingerprint density at radius 3 is 2.48 bits per heavy atom. The van der Waals surface area contributed by atoms with E-state index in [0.717, 1.165) is 11.9 Å². The number of aromatic nitrogens is 1. The van der Waals surface area contributed by atoms with Crippen molar-refractivity contribution in [1.29, 1.82) is 0 Å². The minimum absolute atomic E-state index is 0.0452. The fourth-order valence-corrected chi connectivity index (χ4v) is 4.35. The predicted octanol–water partition coefficient (Wildman–Crippen LogP) is 2.04. The maximum absolute atomic E-state index is 13.4. The van der Waals surface area contributed by atoms with Crippen molar-refractivity contribution in [1.82, 2.24) is 9.29 Å². The summed E-state index contributed by atoms with van der Waals surface area (Å²) in [4.78, 5) is 6.37. The first-order valence-electron chi connectivity index (χ1n) is 7.41. The van der Waals surface area contributed by atoms with Crippen molar-refractivity contribution in [2.24, 2.45) is 0 Å². The molecule has 1 aliphatic heterocycles. The van der Waals surface area contributed by atoms with E-state index in [1.165, 1.54) is 16.4 Å². The highest BCUT2D eigenvalue weighted by atomic mass is 32.2. The fraction of sp³-hybridized carbons (Fsp3) is 0.312. The molecule has 0 bridgehead atoms. The Hall–Kier alpha value is -1.99. The molecule has 1 aromatic heterocycles. The van der Waals surface area contributed by atoms with Crippen molar-refractivity contribution in [2.75, 3.05) is 31.1 Å². The molecule has 2 aromatic rings. The van der Waals surface area contributed by atoms with Crippen molar-refractivity contribution in [3.05, 3.63) is 54.0 Å². The molecule has 0 radical (unpaired) electrons. The molecule has 1 aliphatic rings. The molecule has 0 N–H and O–H groups in total. The Morgan fingerprint density at radius 2 is 1.83 bits per heavy atom. The molecule has 2 heterocycles. The van der Waals surface area contributed by atoms with Gasteiger partial charge in [-0.2, -0.15) is 4.31 Å². The summed E-state index contributed by atoms with van der Waals surface area (Å²) >= 11 is 0. The third-order valence-electron chi connectivity index (χ3n) is 3.98. The standard InChI is InChI=1S/C16H18FN3O2S/c1-13-5-6-14(17)12-15(13)23(21,22)20-10-8-19(9-11-20)16-4-2-3-7-18-16/h2-7,12H,8-11H2,1H3. The van der Waals surface area contributed by atoms with Crippen LogP contribution >= 0.6 is 0 Å². The summed E-state index contributed by atoms with van der Waals surface area (Å²) in [5, 5.41) is 0. The fourth-order valence-electron chi connectivity index (χ4n) is 2.69. The van der Waals surface area contributed by atoms with Crippen LogP contribution in [0, 0.1) is 12.7 Å². The van der Waals surface area contributed by atoms with Crippen molar-refractivity contribution >= 4 is 15.8 Å². The van der Waals surface area contributed by atoms with E-state index >= 15 is 0 Å². The molecule has 23 heavy (non-hydrogen) atoms. The summed E-state index contributed by atoms with van der Waals surface area (Å²) in [7, 11) is -3.67. The van der Waals surface area contributed by atoms with E-state index in [2.05, 4.69) is 4.98 Å². The van der Waals surface area contributed by atoms with E-state index in [0.29, 0.717) is 31.7 Å². The quantitative estimate of drug-likeness (QED) is 0.861. The minimum atomic E-state index is -3.67. The number of hydrogen-bond donors (Lipinski definition) is 0. The zero-order valence-corrected chi connectivity index (χ0v) is 13.6. The number of nitrogens with zero attached hydrogens (tertiary/aromatic N) is 3. The van der Waals surface area contributed by atoms with Crippen LogP contribution in [0.25, 0.3) is 0 Å². The highest BCUT2D eigenvalue weighted by Crippen LogP contribution is 2.23. The average Bonchev–Trinajstić information content (AvgIpc) is 2.58. The van der Waals surface area contributed by atoms with Crippen LogP contribution in [0.4, 0.5) is 10.2 Å². The van der Waals surface area contributed by atoms with Gasteiger partial charge < -0.3 is 4.90 Å². The number of halogens is 1. The molecular formula is C16H18FN3O2S. The van der Waals surface area contributed by atoms with Crippen LogP contribution in [0.15, 0.2) is 47.5 Å². The number of anilines is 1. The molecule has 5 nitrogen and oxygen atoms in total. The molecular weight excluding hydrogens is 317 g/mol. The number of hydrogen-bond acceptors (Lipinski definition) is 4. The van der Waals surface area contributed by atoms with Gasteiger partial charge in [-0.05, 0) is 36.8 Å². The SMILES string of the molecule is Cc1ccc(F)cc1S(=O)(=O)N1CCN(c2ccccn2)CC1. The van der Waals surface area contributed by atoms with Crippen molar-refractivity contribution in [3.8, 4) is 0 Å². The maximum Gasteiger partial charge on any atom is 0.243 e. The first-order chi connectivity index (χ1) is 11.0. The topological polar surface area (TPSA) is 53.5 Å². The lowest BCUT2D eigenvalue weighted by molar-refractivity contribution is 0.383. The maximum atomic E-state index is 13.4. The van der Waals surface area contributed by atoms with Gasteiger partial charge in [0.05, 0.1) is 4.90 Å². The number of aryl methyl sites for hydroxylation is 1. The van der Waals surface area contributed by atoms with Crippen LogP contribution in [-0.4, -0.2) is 43.9 Å². The van der Waals surface area contributed by atoms with Gasteiger partial charge in [0.25, 0.3) is 0 Å². The Balaban J connectivity index is 1.78. The van der Waals surface area contributed by atoms with E-state index in [4.69, 9.17) is 0 Å². The Labute approximate surface area is 135 Å². The minimum Gasteiger partial charge on any atom is -0.354 e. The molecule has 0 atom stereocenters. The van der Waals surface area contributed by atoms with E-state index in [9.17, 15) is 12.8 Å². The summed E-state index contributed by atoms with van der Waals surface area (Å²) in [5.41, 5.74) is 0.554. The van der Waals surface area contributed by atoms with Crippen LogP contribution in [-0.2, 0) is 10.0 Å². The molecule has 7 heteroatoms. The highest BCUT2D eigenvalue weighted by molar-refractivity contribution is 7.89. The van der Waals surface area contributed by atoms with Crippen LogP contribution in [0.2, 0.25) is 0 Å². The van der Waals surface area contributed by atoms with E-state index in [1.807, 2.05) is 23.1 Å². The van der Waals surface area contributed by atoms with Gasteiger partial charge in [0, 0.05) is 32.4 Å². The molecule has 1 saturated heterocycles. The molecule has 0 aliphatic carbocycles. The molecule has 3 rings (SSSR count). The normalized spacial score (nSPS) is 16.5. The van der Waals surface area contributed by atoms with Gasteiger partial charge in [0.2, 0.25) is 10.0 Å². The number of rotatable bonds is 3. The van der Waals surface area contributed by atoms with Gasteiger partial charge in [-0.3, -0.25) is 0 Å². The lowest BCUT2D eigenvalue weighted by Crippen LogP contribution is -2.49. The predicted molar refractivity (Wildman–Crippen MR) is 86.3 cm³/mol. The smallest absolute Gasteiger partial charge is 0.243 e. The van der Waals surface area contributed by atoms with E-state index in [-0.39, 0.29) is 4.90 Å². The second-order valence-electron chi connectivity index (χ2n) is 5.49. The van der Waals surface area contributed by atoms with Crippen LogP contribution in [0.1, 0.15) is 5.56 Å². The van der Waals surface area contributed by atoms with Crippen LogP contribution in [0.5, 0.6) is 0 Å². The lowest BCUT2D eigenvalue weighted by atomic mass is 10.2. The summed E-state index contributed by atoms with van der Waals surface area (Å²) in [5.74, 6) is 0.299. The van der Waals surface area contributed by atoms with Crippen LogP contribution < -0.4 is 4.90 Å². The summed E-state index contributed by atoms with van der Waals surface area (Å²) in [6.07, 6.45) is 1.72. The number of benzene rings is 1. The van der Waals surface area contributed by atoms with Crippen molar-refractivity contribution in [2.45, 2.75) is 11.8 Å². The third-order valence-corrected chi connectivity index (χ3v) is 6.02. The second-order valence-corrected chi connectivity index (χ2v) is 7.40. The van der Waals surface area contributed by atoms with Gasteiger partial charge in [0.15, 0.2) is 0 Å². The summed E-state index contributed by atoms with van der Waals surface area (Å²) < 4.78 is 40.3. The first kappa shape index (κ1) is 15.9. The van der Waals surface area contributed by atoms with Crippen molar-refractivity contribution < 1.29 is 12.8 Å². The van der Waals surface area contributed by atoms with E-state index < -0.39 is 15.8 Å². The molecule has 1 aromatic carbocycles. The lowest BCUT2D eigenvalue weighted by Gasteiger charge is -2.34. The molecule has 0 amide bonds. The number of pyridine rings is 1.